The number of rotatable bonds is 4. The lowest BCUT2D eigenvalue weighted by molar-refractivity contribution is 0.342. The maximum absolute atomic E-state index is 13.5. The van der Waals surface area contributed by atoms with Crippen LogP contribution in [0.4, 0.5) is 4.39 Å². The summed E-state index contributed by atoms with van der Waals surface area (Å²) in [6.45, 7) is 6.36. The summed E-state index contributed by atoms with van der Waals surface area (Å²) in [6, 6.07) is 4.73. The van der Waals surface area contributed by atoms with E-state index in [2.05, 4.69) is 20.8 Å². The second-order valence-corrected chi connectivity index (χ2v) is 5.14. The van der Waals surface area contributed by atoms with Crippen molar-refractivity contribution < 1.29 is 4.39 Å². The van der Waals surface area contributed by atoms with Crippen molar-refractivity contribution in [1.82, 2.24) is 0 Å². The van der Waals surface area contributed by atoms with Gasteiger partial charge < -0.3 is 5.73 Å². The number of halogens is 2. The highest BCUT2D eigenvalue weighted by Crippen LogP contribution is 2.20. The predicted octanol–water partition coefficient (Wildman–Crippen LogP) is 3.64. The molecule has 0 aliphatic heterocycles. The van der Waals surface area contributed by atoms with E-state index < -0.39 is 0 Å². The van der Waals surface area contributed by atoms with E-state index in [1.165, 1.54) is 6.07 Å². The van der Waals surface area contributed by atoms with E-state index in [0.29, 0.717) is 28.8 Å². The Morgan fingerprint density at radius 2 is 1.94 bits per heavy atom. The molecule has 3 heteroatoms. The first kappa shape index (κ1) is 13.5. The van der Waals surface area contributed by atoms with Gasteiger partial charge in [-0.1, -0.05) is 38.4 Å². The van der Waals surface area contributed by atoms with Crippen molar-refractivity contribution in [2.45, 2.75) is 33.2 Å². The van der Waals surface area contributed by atoms with Crippen molar-refractivity contribution in [3.8, 4) is 0 Å². The van der Waals surface area contributed by atoms with Crippen LogP contribution in [0.2, 0.25) is 5.02 Å². The highest BCUT2D eigenvalue weighted by Gasteiger charge is 2.18. The Labute approximate surface area is 102 Å². The van der Waals surface area contributed by atoms with Gasteiger partial charge >= 0.3 is 0 Å². The summed E-state index contributed by atoms with van der Waals surface area (Å²) in [5.41, 5.74) is 6.70. The molecule has 2 atom stereocenters. The van der Waals surface area contributed by atoms with Gasteiger partial charge in [-0.25, -0.2) is 4.39 Å². The van der Waals surface area contributed by atoms with Crippen LogP contribution < -0.4 is 5.73 Å². The van der Waals surface area contributed by atoms with E-state index >= 15 is 0 Å². The van der Waals surface area contributed by atoms with Gasteiger partial charge in [0.25, 0.3) is 0 Å². The monoisotopic (exact) mass is 243 g/mol. The van der Waals surface area contributed by atoms with Crippen LogP contribution in [0.15, 0.2) is 18.2 Å². The lowest BCUT2D eigenvalue weighted by Gasteiger charge is -2.23. The molecular formula is C13H19ClFN. The number of hydrogen-bond acceptors (Lipinski definition) is 1. The molecule has 1 rings (SSSR count). The minimum Gasteiger partial charge on any atom is -0.327 e. The second-order valence-electron chi connectivity index (χ2n) is 4.71. The van der Waals surface area contributed by atoms with Crippen LogP contribution in [-0.2, 0) is 6.42 Å². The molecule has 0 fully saturated rings. The molecule has 90 valence electrons. The van der Waals surface area contributed by atoms with Gasteiger partial charge in [0.15, 0.2) is 0 Å². The van der Waals surface area contributed by atoms with E-state index in [0.717, 1.165) is 0 Å². The fourth-order valence-electron chi connectivity index (χ4n) is 1.62. The summed E-state index contributed by atoms with van der Waals surface area (Å²) in [7, 11) is 0. The predicted molar refractivity (Wildman–Crippen MR) is 67.1 cm³/mol. The Balaban J connectivity index is 2.73. The maximum Gasteiger partial charge on any atom is 0.127 e. The summed E-state index contributed by atoms with van der Waals surface area (Å²) in [6.07, 6.45) is 0.558. The molecule has 0 saturated heterocycles. The van der Waals surface area contributed by atoms with E-state index in [4.69, 9.17) is 17.3 Å². The van der Waals surface area contributed by atoms with Gasteiger partial charge in [0.2, 0.25) is 0 Å². The normalized spacial score (nSPS) is 15.2. The van der Waals surface area contributed by atoms with Crippen LogP contribution in [0.5, 0.6) is 0 Å². The Kier molecular flexibility index (Phi) is 4.75. The van der Waals surface area contributed by atoms with Crippen molar-refractivity contribution in [2.24, 2.45) is 17.6 Å². The average molecular weight is 244 g/mol. The van der Waals surface area contributed by atoms with Crippen molar-refractivity contribution in [3.63, 3.8) is 0 Å². The highest BCUT2D eigenvalue weighted by molar-refractivity contribution is 6.30. The quantitative estimate of drug-likeness (QED) is 0.859. The Hall–Kier alpha value is -0.600. The standard InChI is InChI=1S/C13H19ClFN/c1-8(2)9(3)13(16)6-10-4-5-11(14)7-12(10)15/h4-5,7-9,13H,6,16H2,1-3H3. The lowest BCUT2D eigenvalue weighted by Crippen LogP contribution is -2.33. The number of hydrogen-bond donors (Lipinski definition) is 1. The summed E-state index contributed by atoms with van der Waals surface area (Å²) in [5.74, 6) is 0.611. The highest BCUT2D eigenvalue weighted by atomic mass is 35.5. The van der Waals surface area contributed by atoms with Crippen LogP contribution >= 0.6 is 11.6 Å². The first-order chi connectivity index (χ1) is 7.41. The first-order valence-electron chi connectivity index (χ1n) is 5.61. The smallest absolute Gasteiger partial charge is 0.127 e. The molecule has 2 N–H and O–H groups in total. The molecule has 0 radical (unpaired) electrons. The topological polar surface area (TPSA) is 26.0 Å². The van der Waals surface area contributed by atoms with Crippen molar-refractivity contribution in [3.05, 3.63) is 34.6 Å². The largest absolute Gasteiger partial charge is 0.327 e. The lowest BCUT2D eigenvalue weighted by atomic mass is 9.87. The minimum absolute atomic E-state index is 0.0179. The van der Waals surface area contributed by atoms with Crippen LogP contribution in [0.25, 0.3) is 0 Å². The Bertz CT molecular complexity index is 352. The van der Waals surface area contributed by atoms with Crippen LogP contribution in [0.3, 0.4) is 0 Å². The number of benzene rings is 1. The molecule has 0 saturated carbocycles. The van der Waals surface area contributed by atoms with Crippen LogP contribution in [0.1, 0.15) is 26.3 Å². The van der Waals surface area contributed by atoms with E-state index in [1.54, 1.807) is 12.1 Å². The molecule has 1 aromatic rings. The second kappa shape index (κ2) is 5.65. The van der Waals surface area contributed by atoms with Crippen LogP contribution in [0, 0.1) is 17.7 Å². The van der Waals surface area contributed by atoms with Gasteiger partial charge in [-0.15, -0.1) is 0 Å². The molecule has 0 aliphatic carbocycles. The molecule has 0 spiro atoms. The van der Waals surface area contributed by atoms with E-state index in [9.17, 15) is 4.39 Å². The van der Waals surface area contributed by atoms with Gasteiger partial charge in [-0.05, 0) is 36.0 Å². The molecule has 16 heavy (non-hydrogen) atoms. The van der Waals surface area contributed by atoms with Crippen molar-refractivity contribution in [2.75, 3.05) is 0 Å². The Morgan fingerprint density at radius 1 is 1.31 bits per heavy atom. The van der Waals surface area contributed by atoms with Crippen molar-refractivity contribution >= 4 is 11.6 Å². The fourth-order valence-corrected chi connectivity index (χ4v) is 1.78. The molecule has 0 heterocycles. The van der Waals surface area contributed by atoms with Gasteiger partial charge in [-0.3, -0.25) is 0 Å². The third-order valence-electron chi connectivity index (χ3n) is 3.20. The molecular weight excluding hydrogens is 225 g/mol. The zero-order valence-electron chi connectivity index (χ0n) is 10.0. The SMILES string of the molecule is CC(C)C(C)C(N)Cc1ccc(Cl)cc1F. The Morgan fingerprint density at radius 3 is 2.44 bits per heavy atom. The van der Waals surface area contributed by atoms with E-state index in [-0.39, 0.29) is 11.9 Å². The molecule has 1 aromatic carbocycles. The fraction of sp³-hybridized carbons (Fsp3) is 0.538. The third-order valence-corrected chi connectivity index (χ3v) is 3.43. The summed E-state index contributed by atoms with van der Waals surface area (Å²) in [4.78, 5) is 0. The first-order valence-corrected chi connectivity index (χ1v) is 5.99. The maximum atomic E-state index is 13.5. The summed E-state index contributed by atoms with van der Waals surface area (Å²) >= 11 is 5.70. The van der Waals surface area contributed by atoms with Crippen molar-refractivity contribution in [1.29, 1.82) is 0 Å². The number of nitrogens with two attached hydrogens (primary N) is 1. The minimum atomic E-state index is -0.265. The van der Waals surface area contributed by atoms with Gasteiger partial charge in [0.05, 0.1) is 0 Å². The van der Waals surface area contributed by atoms with Gasteiger partial charge in [-0.2, -0.15) is 0 Å². The average Bonchev–Trinajstić information content (AvgIpc) is 2.20. The molecule has 0 bridgehead atoms. The van der Waals surface area contributed by atoms with Crippen LogP contribution in [-0.4, -0.2) is 6.04 Å². The zero-order valence-corrected chi connectivity index (χ0v) is 10.8. The zero-order chi connectivity index (χ0) is 12.3. The van der Waals surface area contributed by atoms with Gasteiger partial charge in [0.1, 0.15) is 5.82 Å². The molecule has 0 aliphatic rings. The molecule has 2 unspecified atom stereocenters. The summed E-state index contributed by atoms with van der Waals surface area (Å²) < 4.78 is 13.5. The van der Waals surface area contributed by atoms with Gasteiger partial charge in [0, 0.05) is 11.1 Å². The third kappa shape index (κ3) is 3.46. The summed E-state index contributed by atoms with van der Waals surface area (Å²) in [5, 5.41) is 0.423. The molecule has 0 amide bonds. The molecule has 0 aromatic heterocycles. The van der Waals surface area contributed by atoms with E-state index in [1.807, 2.05) is 0 Å². The molecule has 1 nitrogen and oxygen atoms in total.